The molecule has 18 heavy (non-hydrogen) atoms. The van der Waals surface area contributed by atoms with Crippen LogP contribution in [0.3, 0.4) is 0 Å². The standard InChI is InChI=1S/C15H20N2S/c1-2-11-18-12-10-17-9-8-16-15(13-17)14-6-4-3-5-7-14/h1,3-7,15-16H,8-13H2. The smallest absolute Gasteiger partial charge is 0.0545 e. The molecule has 2 nitrogen and oxygen atoms in total. The van der Waals surface area contributed by atoms with Crippen LogP contribution < -0.4 is 5.32 Å². The zero-order valence-corrected chi connectivity index (χ0v) is 11.5. The lowest BCUT2D eigenvalue weighted by atomic mass is 10.0. The minimum absolute atomic E-state index is 0.470. The van der Waals surface area contributed by atoms with E-state index in [2.05, 4.69) is 46.5 Å². The fourth-order valence-corrected chi connectivity index (χ4v) is 2.90. The van der Waals surface area contributed by atoms with Crippen molar-refractivity contribution in [1.82, 2.24) is 10.2 Å². The topological polar surface area (TPSA) is 15.3 Å². The van der Waals surface area contributed by atoms with Gasteiger partial charge in [-0.3, -0.25) is 4.90 Å². The zero-order valence-electron chi connectivity index (χ0n) is 10.6. The summed E-state index contributed by atoms with van der Waals surface area (Å²) in [5, 5.41) is 3.59. The molecule has 1 saturated heterocycles. The molecular weight excluding hydrogens is 240 g/mol. The first kappa shape index (κ1) is 13.5. The summed E-state index contributed by atoms with van der Waals surface area (Å²) in [5.74, 6) is 4.63. The normalized spacial score (nSPS) is 20.5. The molecule has 1 fully saturated rings. The molecule has 1 aliphatic rings. The van der Waals surface area contributed by atoms with Crippen LogP contribution in [0.2, 0.25) is 0 Å². The molecule has 1 aromatic carbocycles. The molecule has 2 rings (SSSR count). The third-order valence-corrected chi connectivity index (χ3v) is 4.04. The summed E-state index contributed by atoms with van der Waals surface area (Å²) in [6.07, 6.45) is 5.25. The van der Waals surface area contributed by atoms with Crippen LogP contribution >= 0.6 is 11.8 Å². The number of hydrogen-bond donors (Lipinski definition) is 1. The van der Waals surface area contributed by atoms with Gasteiger partial charge in [-0.2, -0.15) is 0 Å². The maximum atomic E-state index is 5.25. The van der Waals surface area contributed by atoms with Crippen LogP contribution in [-0.4, -0.2) is 42.6 Å². The molecule has 0 amide bonds. The van der Waals surface area contributed by atoms with E-state index in [9.17, 15) is 0 Å². The van der Waals surface area contributed by atoms with Crippen molar-refractivity contribution < 1.29 is 0 Å². The van der Waals surface area contributed by atoms with Crippen LogP contribution in [-0.2, 0) is 0 Å². The van der Waals surface area contributed by atoms with Crippen molar-refractivity contribution in [3.8, 4) is 12.3 Å². The average Bonchev–Trinajstić information content (AvgIpc) is 2.45. The highest BCUT2D eigenvalue weighted by Crippen LogP contribution is 2.17. The van der Waals surface area contributed by atoms with Crippen molar-refractivity contribution in [3.63, 3.8) is 0 Å². The van der Waals surface area contributed by atoms with Gasteiger partial charge in [-0.1, -0.05) is 36.3 Å². The van der Waals surface area contributed by atoms with Crippen LogP contribution in [0.15, 0.2) is 30.3 Å². The van der Waals surface area contributed by atoms with Crippen molar-refractivity contribution in [2.75, 3.05) is 37.7 Å². The van der Waals surface area contributed by atoms with Gasteiger partial charge in [-0.25, -0.2) is 0 Å². The number of rotatable bonds is 5. The van der Waals surface area contributed by atoms with Gasteiger partial charge in [-0.05, 0) is 5.56 Å². The first-order valence-electron chi connectivity index (χ1n) is 6.42. The van der Waals surface area contributed by atoms with E-state index in [-0.39, 0.29) is 0 Å². The Morgan fingerprint density at radius 2 is 2.22 bits per heavy atom. The number of nitrogens with one attached hydrogen (secondary N) is 1. The molecular formula is C15H20N2S. The number of nitrogens with zero attached hydrogens (tertiary/aromatic N) is 1. The highest BCUT2D eigenvalue weighted by Gasteiger charge is 2.19. The lowest BCUT2D eigenvalue weighted by molar-refractivity contribution is 0.211. The van der Waals surface area contributed by atoms with E-state index < -0.39 is 0 Å². The molecule has 1 heterocycles. The van der Waals surface area contributed by atoms with Gasteiger partial charge in [0.1, 0.15) is 0 Å². The Morgan fingerprint density at radius 1 is 1.39 bits per heavy atom. The molecule has 0 saturated carbocycles. The number of terminal acetylenes is 1. The highest BCUT2D eigenvalue weighted by atomic mass is 32.2. The molecule has 0 aromatic heterocycles. The second-order valence-corrected chi connectivity index (χ2v) is 5.58. The Kier molecular flexibility index (Phi) is 5.60. The first-order valence-corrected chi connectivity index (χ1v) is 7.57. The van der Waals surface area contributed by atoms with Crippen LogP contribution in [0.5, 0.6) is 0 Å². The quantitative estimate of drug-likeness (QED) is 0.644. The fraction of sp³-hybridized carbons (Fsp3) is 0.467. The minimum Gasteiger partial charge on any atom is -0.308 e. The first-order chi connectivity index (χ1) is 8.90. The monoisotopic (exact) mass is 260 g/mol. The van der Waals surface area contributed by atoms with Crippen molar-refractivity contribution >= 4 is 11.8 Å². The molecule has 1 aliphatic heterocycles. The van der Waals surface area contributed by atoms with E-state index in [4.69, 9.17) is 6.42 Å². The van der Waals surface area contributed by atoms with Crippen molar-refractivity contribution in [2.24, 2.45) is 0 Å². The van der Waals surface area contributed by atoms with E-state index >= 15 is 0 Å². The Morgan fingerprint density at radius 3 is 3.00 bits per heavy atom. The molecule has 0 bridgehead atoms. The molecule has 0 aliphatic carbocycles. The highest BCUT2D eigenvalue weighted by molar-refractivity contribution is 7.99. The van der Waals surface area contributed by atoms with Crippen LogP contribution in [0.25, 0.3) is 0 Å². The Bertz CT molecular complexity index is 385. The predicted octanol–water partition coefficient (Wildman–Crippen LogP) is 2.00. The molecule has 1 unspecified atom stereocenters. The third-order valence-electron chi connectivity index (χ3n) is 3.20. The summed E-state index contributed by atoms with van der Waals surface area (Å²) in [6.45, 7) is 4.44. The van der Waals surface area contributed by atoms with Crippen molar-refractivity contribution in [2.45, 2.75) is 6.04 Å². The van der Waals surface area contributed by atoms with Gasteiger partial charge in [0.2, 0.25) is 0 Å². The predicted molar refractivity (Wildman–Crippen MR) is 79.8 cm³/mol. The minimum atomic E-state index is 0.470. The van der Waals surface area contributed by atoms with E-state index in [1.807, 2.05) is 11.8 Å². The molecule has 1 N–H and O–H groups in total. The van der Waals surface area contributed by atoms with Gasteiger partial charge in [-0.15, -0.1) is 18.2 Å². The lowest BCUT2D eigenvalue weighted by Crippen LogP contribution is -2.46. The summed E-state index contributed by atoms with van der Waals surface area (Å²) in [7, 11) is 0. The number of thioether (sulfide) groups is 1. The maximum absolute atomic E-state index is 5.25. The number of benzene rings is 1. The van der Waals surface area contributed by atoms with Gasteiger partial charge in [0.15, 0.2) is 0 Å². The molecule has 96 valence electrons. The summed E-state index contributed by atoms with van der Waals surface area (Å²) >= 11 is 1.85. The van der Waals surface area contributed by atoms with Gasteiger partial charge in [0, 0.05) is 38.0 Å². The van der Waals surface area contributed by atoms with Gasteiger partial charge in [0.25, 0.3) is 0 Å². The summed E-state index contributed by atoms with van der Waals surface area (Å²) in [4.78, 5) is 2.53. The molecule has 3 heteroatoms. The van der Waals surface area contributed by atoms with E-state index in [0.29, 0.717) is 6.04 Å². The second kappa shape index (κ2) is 7.48. The average molecular weight is 260 g/mol. The summed E-state index contributed by atoms with van der Waals surface area (Å²) < 4.78 is 0. The molecule has 0 radical (unpaired) electrons. The van der Waals surface area contributed by atoms with Crippen molar-refractivity contribution in [1.29, 1.82) is 0 Å². The SMILES string of the molecule is C#CCSCCN1CCNC(c2ccccc2)C1. The zero-order chi connectivity index (χ0) is 12.6. The Labute approximate surface area is 114 Å². The number of hydrogen-bond acceptors (Lipinski definition) is 3. The Balaban J connectivity index is 1.80. The lowest BCUT2D eigenvalue weighted by Gasteiger charge is -2.33. The van der Waals surface area contributed by atoms with Crippen molar-refractivity contribution in [3.05, 3.63) is 35.9 Å². The van der Waals surface area contributed by atoms with E-state index in [1.54, 1.807) is 0 Å². The maximum Gasteiger partial charge on any atom is 0.0545 e. The fourth-order valence-electron chi connectivity index (χ4n) is 2.25. The molecule has 0 spiro atoms. The second-order valence-electron chi connectivity index (χ2n) is 4.47. The van der Waals surface area contributed by atoms with Crippen LogP contribution in [0.1, 0.15) is 11.6 Å². The third kappa shape index (κ3) is 4.06. The largest absolute Gasteiger partial charge is 0.308 e. The van der Waals surface area contributed by atoms with Crippen LogP contribution in [0, 0.1) is 12.3 Å². The van der Waals surface area contributed by atoms with Gasteiger partial charge >= 0.3 is 0 Å². The van der Waals surface area contributed by atoms with E-state index in [0.717, 1.165) is 37.7 Å². The summed E-state index contributed by atoms with van der Waals surface area (Å²) in [5.41, 5.74) is 1.39. The summed E-state index contributed by atoms with van der Waals surface area (Å²) in [6, 6.07) is 11.2. The van der Waals surface area contributed by atoms with Crippen LogP contribution in [0.4, 0.5) is 0 Å². The molecule has 1 atom stereocenters. The van der Waals surface area contributed by atoms with Gasteiger partial charge in [0.05, 0.1) is 5.75 Å². The molecule has 1 aromatic rings. The van der Waals surface area contributed by atoms with Gasteiger partial charge < -0.3 is 5.32 Å². The Hall–Kier alpha value is -0.950. The van der Waals surface area contributed by atoms with E-state index in [1.165, 1.54) is 5.56 Å². The number of piperazine rings is 1.